The molecule has 0 heterocycles. The molecule has 0 spiro atoms. The minimum atomic E-state index is -3.57. The first-order valence-corrected chi connectivity index (χ1v) is 16.2. The number of carbonyl (C=O) groups excluding carboxylic acids is 2. The minimum Gasteiger partial charge on any atom is -0.459 e. The van der Waals surface area contributed by atoms with E-state index in [1.54, 1.807) is 13.8 Å². The number of carbonyl (C=O) groups is 2. The van der Waals surface area contributed by atoms with Crippen LogP contribution in [-0.2, 0) is 42.6 Å². The zero-order chi connectivity index (χ0) is 30.4. The molecule has 0 radical (unpaired) electrons. The summed E-state index contributed by atoms with van der Waals surface area (Å²) in [5, 5.41) is 2.89. The molecule has 3 aromatic rings. The molecule has 8 nitrogen and oxygen atoms in total. The number of urea groups is 1. The standard InChI is InChI=1S/C33H43N2O6P/c1-5-40-42(38,41-6-2)25-35(23-26(3)4)33(37)34-31(32(36)39-24-28-17-11-8-12-18-28)22-30-20-14-13-19-29(30)21-27-15-9-7-10-16-27/h7-20,26,31H,5-6,21-25H2,1-4H3,(H,34,37)/t31-/m0/s1. The maximum Gasteiger partial charge on any atom is 0.349 e. The van der Waals surface area contributed by atoms with Crippen LogP contribution < -0.4 is 5.32 Å². The molecule has 3 rings (SSSR count). The summed E-state index contributed by atoms with van der Waals surface area (Å²) in [6.07, 6.45) is 0.684. The summed E-state index contributed by atoms with van der Waals surface area (Å²) in [5.74, 6) is -0.480. The molecule has 3 aromatic carbocycles. The number of ether oxygens (including phenoxy) is 1. The van der Waals surface area contributed by atoms with Crippen LogP contribution in [-0.4, -0.2) is 49.0 Å². The lowest BCUT2D eigenvalue weighted by atomic mass is 9.95. The second-order valence-electron chi connectivity index (χ2n) is 10.4. The molecule has 0 saturated carbocycles. The molecule has 0 saturated heterocycles. The van der Waals surface area contributed by atoms with E-state index in [0.717, 1.165) is 22.3 Å². The fraction of sp³-hybridized carbons (Fsp3) is 0.394. The average Bonchev–Trinajstić information content (AvgIpc) is 2.97. The van der Waals surface area contributed by atoms with Crippen molar-refractivity contribution >= 4 is 19.6 Å². The van der Waals surface area contributed by atoms with E-state index in [0.29, 0.717) is 13.0 Å². The zero-order valence-corrected chi connectivity index (χ0v) is 25.9. The molecule has 1 atom stereocenters. The first kappa shape index (κ1) is 33.1. The molecular weight excluding hydrogens is 551 g/mol. The largest absolute Gasteiger partial charge is 0.459 e. The normalized spacial score (nSPS) is 12.1. The molecule has 2 amide bonds. The van der Waals surface area contributed by atoms with E-state index in [9.17, 15) is 14.2 Å². The van der Waals surface area contributed by atoms with Crippen LogP contribution in [0.2, 0.25) is 0 Å². The van der Waals surface area contributed by atoms with Gasteiger partial charge in [0.1, 0.15) is 18.9 Å². The molecule has 0 unspecified atom stereocenters. The second-order valence-corrected chi connectivity index (χ2v) is 12.5. The van der Waals surface area contributed by atoms with Crippen molar-refractivity contribution in [3.05, 3.63) is 107 Å². The third kappa shape index (κ3) is 10.8. The molecule has 42 heavy (non-hydrogen) atoms. The molecule has 0 aliphatic heterocycles. The van der Waals surface area contributed by atoms with Crippen molar-refractivity contribution in [3.8, 4) is 0 Å². The summed E-state index contributed by atoms with van der Waals surface area (Å²) in [5.41, 5.74) is 3.96. The number of hydrogen-bond donors (Lipinski definition) is 1. The maximum atomic E-state index is 13.7. The number of amides is 2. The summed E-state index contributed by atoms with van der Waals surface area (Å²) in [4.78, 5) is 28.6. The van der Waals surface area contributed by atoms with Gasteiger partial charge in [-0.05, 0) is 48.4 Å². The highest BCUT2D eigenvalue weighted by atomic mass is 31.2. The highest BCUT2D eigenvalue weighted by Crippen LogP contribution is 2.48. The van der Waals surface area contributed by atoms with E-state index in [-0.39, 0.29) is 38.4 Å². The fourth-order valence-electron chi connectivity index (χ4n) is 4.59. The number of hydrogen-bond acceptors (Lipinski definition) is 6. The highest BCUT2D eigenvalue weighted by Gasteiger charge is 2.33. The fourth-order valence-corrected chi connectivity index (χ4v) is 6.28. The van der Waals surface area contributed by atoms with Crippen molar-refractivity contribution in [3.63, 3.8) is 0 Å². The highest BCUT2D eigenvalue weighted by molar-refractivity contribution is 7.53. The van der Waals surface area contributed by atoms with Crippen LogP contribution in [0.5, 0.6) is 0 Å². The maximum absolute atomic E-state index is 13.7. The molecular formula is C33H43N2O6P. The Bertz CT molecular complexity index is 1290. The zero-order valence-electron chi connectivity index (χ0n) is 25.0. The van der Waals surface area contributed by atoms with Crippen molar-refractivity contribution in [1.82, 2.24) is 10.2 Å². The summed E-state index contributed by atoms with van der Waals surface area (Å²) < 4.78 is 29.9. The first-order chi connectivity index (χ1) is 20.2. The van der Waals surface area contributed by atoms with Crippen molar-refractivity contribution in [2.75, 3.05) is 26.0 Å². The molecule has 0 aromatic heterocycles. The Morgan fingerprint density at radius 3 is 1.93 bits per heavy atom. The monoisotopic (exact) mass is 594 g/mol. The Morgan fingerprint density at radius 2 is 1.36 bits per heavy atom. The molecule has 0 aliphatic rings. The molecule has 0 aliphatic carbocycles. The van der Waals surface area contributed by atoms with Gasteiger partial charge in [0.05, 0.1) is 13.2 Å². The van der Waals surface area contributed by atoms with E-state index in [4.69, 9.17) is 13.8 Å². The van der Waals surface area contributed by atoms with Gasteiger partial charge in [0, 0.05) is 13.0 Å². The van der Waals surface area contributed by atoms with Crippen LogP contribution in [0.3, 0.4) is 0 Å². The van der Waals surface area contributed by atoms with Crippen LogP contribution >= 0.6 is 7.60 Å². The average molecular weight is 595 g/mol. The van der Waals surface area contributed by atoms with E-state index in [1.807, 2.05) is 86.6 Å². The lowest BCUT2D eigenvalue weighted by molar-refractivity contribution is -0.147. The van der Waals surface area contributed by atoms with Gasteiger partial charge in [0.2, 0.25) is 0 Å². The number of nitrogens with zero attached hydrogens (tertiary/aromatic N) is 1. The number of benzene rings is 3. The van der Waals surface area contributed by atoms with Gasteiger partial charge in [-0.3, -0.25) is 4.57 Å². The Morgan fingerprint density at radius 1 is 0.810 bits per heavy atom. The third-order valence-electron chi connectivity index (χ3n) is 6.45. The van der Waals surface area contributed by atoms with Crippen LogP contribution in [0.4, 0.5) is 4.79 Å². The van der Waals surface area contributed by atoms with Gasteiger partial charge < -0.3 is 24.0 Å². The summed E-state index contributed by atoms with van der Waals surface area (Å²) in [6.45, 7) is 8.11. The van der Waals surface area contributed by atoms with Gasteiger partial charge in [0.15, 0.2) is 0 Å². The van der Waals surface area contributed by atoms with Gasteiger partial charge in [-0.2, -0.15) is 0 Å². The van der Waals surface area contributed by atoms with E-state index in [1.165, 1.54) is 4.90 Å². The molecule has 226 valence electrons. The predicted octanol–water partition coefficient (Wildman–Crippen LogP) is 6.82. The van der Waals surface area contributed by atoms with Gasteiger partial charge in [-0.1, -0.05) is 98.8 Å². The van der Waals surface area contributed by atoms with Gasteiger partial charge >= 0.3 is 19.6 Å². The van der Waals surface area contributed by atoms with Crippen molar-refractivity contribution in [1.29, 1.82) is 0 Å². The summed E-state index contributed by atoms with van der Waals surface area (Å²) >= 11 is 0. The van der Waals surface area contributed by atoms with Gasteiger partial charge in [0.25, 0.3) is 0 Å². The summed E-state index contributed by atoms with van der Waals surface area (Å²) in [6, 6.07) is 25.8. The predicted molar refractivity (Wildman–Crippen MR) is 165 cm³/mol. The Labute approximate surface area is 249 Å². The molecule has 0 fully saturated rings. The Balaban J connectivity index is 1.87. The Kier molecular flexibility index (Phi) is 13.3. The lowest BCUT2D eigenvalue weighted by Crippen LogP contribution is -2.50. The van der Waals surface area contributed by atoms with Crippen molar-refractivity contribution in [2.24, 2.45) is 5.92 Å². The second kappa shape index (κ2) is 16.9. The SMILES string of the molecule is CCOP(=O)(CN(CC(C)C)C(=O)N[C@@H](Cc1ccccc1Cc1ccccc1)C(=O)OCc1ccccc1)OCC. The van der Waals surface area contributed by atoms with Crippen molar-refractivity contribution in [2.45, 2.75) is 53.2 Å². The lowest BCUT2D eigenvalue weighted by Gasteiger charge is -2.30. The molecule has 1 N–H and O–H groups in total. The van der Waals surface area contributed by atoms with Gasteiger partial charge in [-0.25, -0.2) is 9.59 Å². The van der Waals surface area contributed by atoms with Gasteiger partial charge in [-0.15, -0.1) is 0 Å². The van der Waals surface area contributed by atoms with Crippen LogP contribution in [0.15, 0.2) is 84.9 Å². The Hall–Kier alpha value is -3.45. The molecule has 0 bridgehead atoms. The van der Waals surface area contributed by atoms with E-state index >= 15 is 0 Å². The first-order valence-electron chi connectivity index (χ1n) is 14.5. The van der Waals surface area contributed by atoms with Crippen molar-refractivity contribution < 1.29 is 27.9 Å². The van der Waals surface area contributed by atoms with Crippen LogP contribution in [0.1, 0.15) is 49.9 Å². The molecule has 9 heteroatoms. The van der Waals surface area contributed by atoms with Crippen LogP contribution in [0.25, 0.3) is 0 Å². The summed E-state index contributed by atoms with van der Waals surface area (Å²) in [7, 11) is -3.57. The quantitative estimate of drug-likeness (QED) is 0.144. The van der Waals surface area contributed by atoms with Crippen LogP contribution in [0, 0.1) is 5.92 Å². The minimum absolute atomic E-state index is 0.0718. The third-order valence-corrected chi connectivity index (χ3v) is 8.45. The number of rotatable bonds is 16. The smallest absolute Gasteiger partial charge is 0.349 e. The number of nitrogens with one attached hydrogen (secondary N) is 1. The van der Waals surface area contributed by atoms with E-state index < -0.39 is 25.6 Å². The van der Waals surface area contributed by atoms with E-state index in [2.05, 4.69) is 17.4 Å². The topological polar surface area (TPSA) is 94.2 Å². The number of esters is 1.